The van der Waals surface area contributed by atoms with Crippen LogP contribution in [-0.4, -0.2) is 59.1 Å². The van der Waals surface area contributed by atoms with Gasteiger partial charge in [0.2, 0.25) is 0 Å². The van der Waals surface area contributed by atoms with Crippen LogP contribution < -0.4 is 0 Å². The monoisotopic (exact) mass is 294 g/mol. The van der Waals surface area contributed by atoms with E-state index in [1.54, 1.807) is 0 Å². The van der Waals surface area contributed by atoms with Gasteiger partial charge in [-0.15, -0.1) is 0 Å². The smallest absolute Gasteiger partial charge is 0.310 e. The highest BCUT2D eigenvalue weighted by Crippen LogP contribution is 2.38. The lowest BCUT2D eigenvalue weighted by Gasteiger charge is -2.45. The minimum Gasteiger partial charge on any atom is -0.481 e. The predicted octanol–water partition coefficient (Wildman–Crippen LogP) is 2.58. The second-order valence-corrected chi connectivity index (χ2v) is 7.57. The normalized spacial score (nSPS) is 34.3. The first-order chi connectivity index (χ1) is 10.1. The molecule has 0 radical (unpaired) electrons. The van der Waals surface area contributed by atoms with Crippen molar-refractivity contribution in [2.75, 3.05) is 26.2 Å². The molecule has 3 aliphatic rings. The summed E-state index contributed by atoms with van der Waals surface area (Å²) in [6.45, 7) is 6.50. The molecular weight excluding hydrogens is 264 g/mol. The molecule has 0 aromatic heterocycles. The highest BCUT2D eigenvalue weighted by atomic mass is 16.4. The van der Waals surface area contributed by atoms with Crippen molar-refractivity contribution in [3.05, 3.63) is 0 Å². The van der Waals surface area contributed by atoms with Gasteiger partial charge in [0.1, 0.15) is 0 Å². The molecule has 21 heavy (non-hydrogen) atoms. The van der Waals surface area contributed by atoms with Gasteiger partial charge in [-0.05, 0) is 39.2 Å². The zero-order chi connectivity index (χ0) is 14.9. The van der Waals surface area contributed by atoms with Crippen molar-refractivity contribution in [2.24, 2.45) is 5.41 Å². The van der Waals surface area contributed by atoms with Crippen LogP contribution in [0.25, 0.3) is 0 Å². The van der Waals surface area contributed by atoms with Crippen molar-refractivity contribution in [3.8, 4) is 0 Å². The summed E-state index contributed by atoms with van der Waals surface area (Å²) in [5.41, 5.74) is -0.481. The molecule has 1 saturated carbocycles. The fourth-order valence-corrected chi connectivity index (χ4v) is 4.70. The maximum Gasteiger partial charge on any atom is 0.310 e. The van der Waals surface area contributed by atoms with E-state index in [1.165, 1.54) is 32.2 Å². The number of carbonyl (C=O) groups is 1. The Hall–Kier alpha value is -0.610. The molecular formula is C17H30N2O2. The van der Waals surface area contributed by atoms with Crippen LogP contribution in [-0.2, 0) is 4.79 Å². The number of fused-ring (bicyclic) bond motifs is 1. The Kier molecular flexibility index (Phi) is 4.55. The van der Waals surface area contributed by atoms with Gasteiger partial charge in [0.15, 0.2) is 0 Å². The van der Waals surface area contributed by atoms with Crippen molar-refractivity contribution in [1.82, 2.24) is 9.80 Å². The van der Waals surface area contributed by atoms with Crippen molar-refractivity contribution in [1.29, 1.82) is 0 Å². The van der Waals surface area contributed by atoms with Gasteiger partial charge < -0.3 is 5.11 Å². The lowest BCUT2D eigenvalue weighted by atomic mass is 9.79. The first-order valence-electron chi connectivity index (χ1n) is 8.82. The third-order valence-electron chi connectivity index (χ3n) is 6.09. The maximum atomic E-state index is 12.0. The lowest BCUT2D eigenvalue weighted by Crippen LogP contribution is -2.58. The van der Waals surface area contributed by atoms with Crippen molar-refractivity contribution in [2.45, 2.75) is 70.4 Å². The summed E-state index contributed by atoms with van der Waals surface area (Å²) in [4.78, 5) is 17.1. The maximum absolute atomic E-state index is 12.0. The molecule has 4 nitrogen and oxygen atoms in total. The highest BCUT2D eigenvalue weighted by molar-refractivity contribution is 5.75. The van der Waals surface area contributed by atoms with Crippen LogP contribution >= 0.6 is 0 Å². The second-order valence-electron chi connectivity index (χ2n) is 7.57. The fraction of sp³-hybridized carbons (Fsp3) is 0.941. The summed E-state index contributed by atoms with van der Waals surface area (Å²) in [6.07, 6.45) is 8.95. The average Bonchev–Trinajstić information content (AvgIpc) is 2.75. The van der Waals surface area contributed by atoms with Crippen molar-refractivity contribution in [3.63, 3.8) is 0 Å². The molecule has 1 aliphatic carbocycles. The van der Waals surface area contributed by atoms with E-state index in [9.17, 15) is 9.90 Å². The standard InChI is InChI=1S/C17H30N2O2/c1-14-11-18-10-6-7-15(18)12-19(14)13-17(16(20)21)8-4-2-3-5-9-17/h14-15H,2-13H2,1H3,(H,20,21). The molecule has 0 spiro atoms. The Morgan fingerprint density at radius 3 is 2.52 bits per heavy atom. The third-order valence-corrected chi connectivity index (χ3v) is 6.09. The van der Waals surface area contributed by atoms with Crippen LogP contribution in [0.1, 0.15) is 58.3 Å². The van der Waals surface area contributed by atoms with E-state index in [-0.39, 0.29) is 0 Å². The number of rotatable bonds is 3. The Morgan fingerprint density at radius 2 is 1.86 bits per heavy atom. The van der Waals surface area contributed by atoms with E-state index in [0.29, 0.717) is 12.1 Å². The third kappa shape index (κ3) is 3.11. The van der Waals surface area contributed by atoms with E-state index >= 15 is 0 Å². The van der Waals surface area contributed by atoms with Gasteiger partial charge >= 0.3 is 5.97 Å². The number of hydrogen-bond acceptors (Lipinski definition) is 3. The Bertz CT molecular complexity index is 377. The van der Waals surface area contributed by atoms with E-state index < -0.39 is 11.4 Å². The molecule has 3 rings (SSSR count). The van der Waals surface area contributed by atoms with Crippen LogP contribution in [0, 0.1) is 5.41 Å². The number of hydrogen-bond donors (Lipinski definition) is 1. The van der Waals surface area contributed by atoms with E-state index in [4.69, 9.17) is 0 Å². The molecule has 0 aromatic rings. The Balaban J connectivity index is 1.71. The number of aliphatic carboxylic acids is 1. The molecule has 2 aliphatic heterocycles. The Morgan fingerprint density at radius 1 is 1.14 bits per heavy atom. The molecule has 1 N–H and O–H groups in total. The minimum absolute atomic E-state index is 0.481. The number of piperazine rings is 1. The van der Waals surface area contributed by atoms with Crippen molar-refractivity contribution >= 4 is 5.97 Å². The van der Waals surface area contributed by atoms with E-state index in [1.807, 2.05) is 0 Å². The number of nitrogens with zero attached hydrogens (tertiary/aromatic N) is 2. The zero-order valence-corrected chi connectivity index (χ0v) is 13.4. The number of carboxylic acids is 1. The van der Waals surface area contributed by atoms with Crippen LogP contribution in [0.4, 0.5) is 0 Å². The van der Waals surface area contributed by atoms with Gasteiger partial charge in [0.25, 0.3) is 0 Å². The minimum atomic E-state index is -0.551. The van der Waals surface area contributed by atoms with Crippen LogP contribution in [0.3, 0.4) is 0 Å². The largest absolute Gasteiger partial charge is 0.481 e. The molecule has 4 heteroatoms. The highest BCUT2D eigenvalue weighted by Gasteiger charge is 2.43. The van der Waals surface area contributed by atoms with E-state index in [2.05, 4.69) is 16.7 Å². The Labute approximate surface area is 128 Å². The van der Waals surface area contributed by atoms with Gasteiger partial charge in [0.05, 0.1) is 5.41 Å². The predicted molar refractivity (Wildman–Crippen MR) is 83.4 cm³/mol. The lowest BCUT2D eigenvalue weighted by molar-refractivity contribution is -0.152. The van der Waals surface area contributed by atoms with E-state index in [0.717, 1.165) is 45.3 Å². The molecule has 0 amide bonds. The topological polar surface area (TPSA) is 43.8 Å². The summed E-state index contributed by atoms with van der Waals surface area (Å²) in [5.74, 6) is -0.551. The second kappa shape index (κ2) is 6.25. The molecule has 120 valence electrons. The first kappa shape index (κ1) is 15.3. The summed E-state index contributed by atoms with van der Waals surface area (Å²) in [6, 6.07) is 1.18. The SMILES string of the molecule is CC1CN2CCCC2CN1CC1(C(=O)O)CCCCCC1. The van der Waals surface area contributed by atoms with Crippen LogP contribution in [0.2, 0.25) is 0 Å². The van der Waals surface area contributed by atoms with Crippen LogP contribution in [0.15, 0.2) is 0 Å². The molecule has 2 atom stereocenters. The number of carboxylic acid groups (broad SMARTS) is 1. The summed E-state index contributed by atoms with van der Waals surface area (Å²) in [7, 11) is 0. The van der Waals surface area contributed by atoms with Crippen LogP contribution in [0.5, 0.6) is 0 Å². The van der Waals surface area contributed by atoms with Gasteiger partial charge in [-0.25, -0.2) is 0 Å². The molecule has 2 saturated heterocycles. The first-order valence-corrected chi connectivity index (χ1v) is 8.82. The molecule has 0 bridgehead atoms. The molecule has 2 unspecified atom stereocenters. The van der Waals surface area contributed by atoms with Gasteiger partial charge in [-0.3, -0.25) is 14.6 Å². The molecule has 3 fully saturated rings. The summed E-state index contributed by atoms with van der Waals surface area (Å²) in [5, 5.41) is 9.88. The average molecular weight is 294 g/mol. The molecule has 2 heterocycles. The molecule has 0 aromatic carbocycles. The van der Waals surface area contributed by atoms with Gasteiger partial charge in [-0.1, -0.05) is 25.7 Å². The summed E-state index contributed by atoms with van der Waals surface area (Å²) < 4.78 is 0. The summed E-state index contributed by atoms with van der Waals surface area (Å²) >= 11 is 0. The van der Waals surface area contributed by atoms with Gasteiger partial charge in [0, 0.05) is 31.7 Å². The quantitative estimate of drug-likeness (QED) is 0.813. The van der Waals surface area contributed by atoms with Gasteiger partial charge in [-0.2, -0.15) is 0 Å². The fourth-order valence-electron chi connectivity index (χ4n) is 4.70. The van der Waals surface area contributed by atoms with Crippen molar-refractivity contribution < 1.29 is 9.90 Å². The zero-order valence-electron chi connectivity index (χ0n) is 13.4.